The summed E-state index contributed by atoms with van der Waals surface area (Å²) in [4.78, 5) is 10.2. The maximum Gasteiger partial charge on any atom is 0.338 e. The molecule has 1 rings (SSSR count). The molecule has 0 spiro atoms. The number of rotatable bonds is 3. The van der Waals surface area contributed by atoms with Crippen LogP contribution in [0, 0.1) is 6.92 Å². The molecule has 1 atom stereocenters. The van der Waals surface area contributed by atoms with Crippen LogP contribution in [-0.2, 0) is 11.2 Å². The highest BCUT2D eigenvalue weighted by molar-refractivity contribution is 5.72. The lowest BCUT2D eigenvalue weighted by Gasteiger charge is -2.05. The second-order valence-electron chi connectivity index (χ2n) is 2.94. The van der Waals surface area contributed by atoms with Crippen molar-refractivity contribution in [3.63, 3.8) is 0 Å². The Labute approximate surface area is 76.0 Å². The quantitative estimate of drug-likeness (QED) is 0.775. The molecule has 2 nitrogen and oxygen atoms in total. The van der Waals surface area contributed by atoms with Crippen LogP contribution in [0.1, 0.15) is 11.1 Å². The van der Waals surface area contributed by atoms with Crippen LogP contribution in [0.15, 0.2) is 24.3 Å². The summed E-state index contributed by atoms with van der Waals surface area (Å²) in [6, 6.07) is 7.19. The van der Waals surface area contributed by atoms with Gasteiger partial charge in [-0.15, -0.1) is 0 Å². The van der Waals surface area contributed by atoms with Gasteiger partial charge in [0.1, 0.15) is 0 Å². The summed E-state index contributed by atoms with van der Waals surface area (Å²) in [5.74, 6) is -1.40. The van der Waals surface area contributed by atoms with Crippen LogP contribution in [0.2, 0.25) is 0 Å². The van der Waals surface area contributed by atoms with Gasteiger partial charge in [-0.2, -0.15) is 0 Å². The fourth-order valence-corrected chi connectivity index (χ4v) is 1.12. The minimum Gasteiger partial charge on any atom is -0.479 e. The SMILES string of the molecule is Cc1ccccc1CC(F)C(=O)O. The molecule has 0 saturated carbocycles. The van der Waals surface area contributed by atoms with Gasteiger partial charge in [0, 0.05) is 6.42 Å². The number of aliphatic carboxylic acids is 1. The number of carboxylic acid groups (broad SMARTS) is 1. The summed E-state index contributed by atoms with van der Waals surface area (Å²) in [5, 5.41) is 8.36. The Hall–Kier alpha value is -1.38. The zero-order valence-electron chi connectivity index (χ0n) is 7.33. The van der Waals surface area contributed by atoms with Gasteiger partial charge >= 0.3 is 5.97 Å². The summed E-state index contributed by atoms with van der Waals surface area (Å²) in [5.41, 5.74) is 1.67. The van der Waals surface area contributed by atoms with Crippen molar-refractivity contribution in [1.82, 2.24) is 0 Å². The minimum absolute atomic E-state index is 0.0536. The molecule has 0 aliphatic carbocycles. The van der Waals surface area contributed by atoms with E-state index in [-0.39, 0.29) is 6.42 Å². The molecule has 1 aromatic rings. The molecule has 0 fully saturated rings. The monoisotopic (exact) mass is 182 g/mol. The fourth-order valence-electron chi connectivity index (χ4n) is 1.12. The molecule has 0 amide bonds. The average molecular weight is 182 g/mol. The van der Waals surface area contributed by atoms with Crippen LogP contribution >= 0.6 is 0 Å². The molecular formula is C10H11FO2. The Bertz CT molecular complexity index is 310. The first-order valence-corrected chi connectivity index (χ1v) is 4.02. The number of carbonyl (C=O) groups is 1. The third-order valence-electron chi connectivity index (χ3n) is 1.93. The van der Waals surface area contributed by atoms with Gasteiger partial charge < -0.3 is 5.11 Å². The largest absolute Gasteiger partial charge is 0.479 e. The van der Waals surface area contributed by atoms with Crippen LogP contribution in [-0.4, -0.2) is 17.2 Å². The van der Waals surface area contributed by atoms with Gasteiger partial charge in [0.05, 0.1) is 0 Å². The van der Waals surface area contributed by atoms with Crippen LogP contribution in [0.4, 0.5) is 4.39 Å². The number of benzene rings is 1. The number of halogens is 1. The molecule has 0 saturated heterocycles. The van der Waals surface area contributed by atoms with Crippen LogP contribution in [0.5, 0.6) is 0 Å². The number of alkyl halides is 1. The van der Waals surface area contributed by atoms with Crippen molar-refractivity contribution in [1.29, 1.82) is 0 Å². The maximum atomic E-state index is 12.8. The highest BCUT2D eigenvalue weighted by atomic mass is 19.1. The fraction of sp³-hybridized carbons (Fsp3) is 0.300. The predicted molar refractivity (Wildman–Crippen MR) is 47.4 cm³/mol. The first-order valence-electron chi connectivity index (χ1n) is 4.02. The molecule has 0 aromatic heterocycles. The van der Waals surface area contributed by atoms with E-state index >= 15 is 0 Å². The number of hydrogen-bond acceptors (Lipinski definition) is 1. The van der Waals surface area contributed by atoms with E-state index in [1.807, 2.05) is 19.1 Å². The molecule has 70 valence electrons. The maximum absolute atomic E-state index is 12.8. The second kappa shape index (κ2) is 4.03. The van der Waals surface area contributed by atoms with E-state index in [2.05, 4.69) is 0 Å². The first-order chi connectivity index (χ1) is 6.11. The van der Waals surface area contributed by atoms with Gasteiger partial charge in [-0.25, -0.2) is 9.18 Å². The van der Waals surface area contributed by atoms with E-state index in [0.717, 1.165) is 11.1 Å². The molecule has 0 heterocycles. The van der Waals surface area contributed by atoms with E-state index in [9.17, 15) is 9.18 Å². The van der Waals surface area contributed by atoms with Gasteiger partial charge in [-0.1, -0.05) is 24.3 Å². The second-order valence-corrected chi connectivity index (χ2v) is 2.94. The summed E-state index contributed by atoms with van der Waals surface area (Å²) in [7, 11) is 0. The minimum atomic E-state index is -1.80. The van der Waals surface area contributed by atoms with Crippen LogP contribution in [0.3, 0.4) is 0 Å². The average Bonchev–Trinajstić information content (AvgIpc) is 2.08. The van der Waals surface area contributed by atoms with Gasteiger partial charge in [0.25, 0.3) is 0 Å². The molecule has 0 radical (unpaired) electrons. The van der Waals surface area contributed by atoms with Crippen molar-refractivity contribution >= 4 is 5.97 Å². The van der Waals surface area contributed by atoms with Crippen LogP contribution in [0.25, 0.3) is 0 Å². The molecule has 0 aliphatic heterocycles. The zero-order valence-corrected chi connectivity index (χ0v) is 7.33. The Kier molecular flexibility index (Phi) is 3.01. The Morgan fingerprint density at radius 2 is 2.15 bits per heavy atom. The van der Waals surface area contributed by atoms with Crippen molar-refractivity contribution in [2.45, 2.75) is 19.5 Å². The van der Waals surface area contributed by atoms with E-state index in [4.69, 9.17) is 5.11 Å². The molecule has 0 aliphatic rings. The topological polar surface area (TPSA) is 37.3 Å². The van der Waals surface area contributed by atoms with E-state index in [1.165, 1.54) is 0 Å². The molecule has 0 bridgehead atoms. The van der Waals surface area contributed by atoms with E-state index in [1.54, 1.807) is 12.1 Å². The standard InChI is InChI=1S/C10H11FO2/c1-7-4-2-3-5-8(7)6-9(11)10(12)13/h2-5,9H,6H2,1H3,(H,12,13). The Morgan fingerprint density at radius 1 is 1.54 bits per heavy atom. The van der Waals surface area contributed by atoms with Crippen molar-refractivity contribution in [3.05, 3.63) is 35.4 Å². The lowest BCUT2D eigenvalue weighted by atomic mass is 10.0. The lowest BCUT2D eigenvalue weighted by Crippen LogP contribution is -2.17. The van der Waals surface area contributed by atoms with Gasteiger partial charge in [0.15, 0.2) is 0 Å². The van der Waals surface area contributed by atoms with Crippen molar-refractivity contribution in [2.24, 2.45) is 0 Å². The van der Waals surface area contributed by atoms with Gasteiger partial charge in [0.2, 0.25) is 6.17 Å². The normalized spacial score (nSPS) is 12.5. The Morgan fingerprint density at radius 3 is 2.69 bits per heavy atom. The number of hydrogen-bond donors (Lipinski definition) is 1. The lowest BCUT2D eigenvalue weighted by molar-refractivity contribution is -0.142. The molecule has 1 unspecified atom stereocenters. The summed E-state index contributed by atoms with van der Waals surface area (Å²) >= 11 is 0. The third-order valence-corrected chi connectivity index (χ3v) is 1.93. The van der Waals surface area contributed by atoms with Crippen LogP contribution < -0.4 is 0 Å². The van der Waals surface area contributed by atoms with Crippen molar-refractivity contribution in [2.75, 3.05) is 0 Å². The number of carboxylic acids is 1. The smallest absolute Gasteiger partial charge is 0.338 e. The number of aryl methyl sites for hydroxylation is 1. The van der Waals surface area contributed by atoms with Crippen molar-refractivity contribution < 1.29 is 14.3 Å². The summed E-state index contributed by atoms with van der Waals surface area (Å²) in [6.07, 6.45) is -1.86. The molecule has 1 N–H and O–H groups in total. The predicted octanol–water partition coefficient (Wildman–Crippen LogP) is 1.96. The first kappa shape index (κ1) is 9.71. The summed E-state index contributed by atoms with van der Waals surface area (Å²) in [6.45, 7) is 1.84. The zero-order chi connectivity index (χ0) is 9.84. The summed E-state index contributed by atoms with van der Waals surface area (Å²) < 4.78 is 12.8. The van der Waals surface area contributed by atoms with Crippen molar-refractivity contribution in [3.8, 4) is 0 Å². The van der Waals surface area contributed by atoms with Gasteiger partial charge in [-0.3, -0.25) is 0 Å². The molecule has 13 heavy (non-hydrogen) atoms. The Balaban J connectivity index is 2.74. The molecule has 3 heteroatoms. The molecular weight excluding hydrogens is 171 g/mol. The van der Waals surface area contributed by atoms with Gasteiger partial charge in [-0.05, 0) is 18.1 Å². The highest BCUT2D eigenvalue weighted by Crippen LogP contribution is 2.11. The van der Waals surface area contributed by atoms with E-state index in [0.29, 0.717) is 0 Å². The highest BCUT2D eigenvalue weighted by Gasteiger charge is 2.16. The van der Waals surface area contributed by atoms with E-state index < -0.39 is 12.1 Å². The molecule has 1 aromatic carbocycles. The third kappa shape index (κ3) is 2.54.